The fraction of sp³-hybridized carbons (Fsp3) is 0.353. The summed E-state index contributed by atoms with van der Waals surface area (Å²) >= 11 is 0. The highest BCUT2D eigenvalue weighted by atomic mass is 16.6. The van der Waals surface area contributed by atoms with E-state index in [2.05, 4.69) is 15.6 Å². The summed E-state index contributed by atoms with van der Waals surface area (Å²) in [5, 5.41) is 7.20. The summed E-state index contributed by atoms with van der Waals surface area (Å²) in [5.74, 6) is 0.301. The molecule has 6 nitrogen and oxygen atoms in total. The van der Waals surface area contributed by atoms with E-state index in [1.807, 2.05) is 30.3 Å². The molecular weight excluding hydrogens is 294 g/mol. The Morgan fingerprint density at radius 3 is 2.65 bits per heavy atom. The second-order valence-electron chi connectivity index (χ2n) is 6.11. The molecule has 0 radical (unpaired) electrons. The Balaban J connectivity index is 1.86. The molecule has 0 saturated carbocycles. The molecule has 0 bridgehead atoms. The van der Waals surface area contributed by atoms with Gasteiger partial charge in [-0.1, -0.05) is 24.3 Å². The first-order valence-electron chi connectivity index (χ1n) is 7.45. The van der Waals surface area contributed by atoms with Crippen molar-refractivity contribution in [3.8, 4) is 0 Å². The lowest BCUT2D eigenvalue weighted by atomic mass is 10.1. The van der Waals surface area contributed by atoms with E-state index < -0.39 is 11.7 Å². The van der Waals surface area contributed by atoms with Gasteiger partial charge in [-0.2, -0.15) is 0 Å². The molecule has 23 heavy (non-hydrogen) atoms. The Hall–Kier alpha value is -2.63. The van der Waals surface area contributed by atoms with Gasteiger partial charge in [-0.3, -0.25) is 4.79 Å². The summed E-state index contributed by atoms with van der Waals surface area (Å²) in [7, 11) is 0. The zero-order valence-corrected chi connectivity index (χ0v) is 13.6. The maximum Gasteiger partial charge on any atom is 0.407 e. The number of carbonyl (C=O) groups excluding carboxylic acids is 2. The van der Waals surface area contributed by atoms with Gasteiger partial charge in [0.2, 0.25) is 5.91 Å². The van der Waals surface area contributed by atoms with Crippen LogP contribution in [0.4, 0.5) is 10.6 Å². The van der Waals surface area contributed by atoms with E-state index >= 15 is 0 Å². The van der Waals surface area contributed by atoms with Crippen LogP contribution in [0.25, 0.3) is 10.8 Å². The summed E-state index contributed by atoms with van der Waals surface area (Å²) in [5.41, 5.74) is -0.556. The number of hydrogen-bond acceptors (Lipinski definition) is 4. The average Bonchev–Trinajstić information content (AvgIpc) is 2.45. The Kier molecular flexibility index (Phi) is 5.16. The van der Waals surface area contributed by atoms with Crippen LogP contribution in [0.2, 0.25) is 0 Å². The van der Waals surface area contributed by atoms with Crippen molar-refractivity contribution in [3.05, 3.63) is 36.5 Å². The summed E-state index contributed by atoms with van der Waals surface area (Å²) in [6.07, 6.45) is 1.26. The second kappa shape index (κ2) is 7.09. The van der Waals surface area contributed by atoms with Crippen LogP contribution in [0.1, 0.15) is 27.2 Å². The van der Waals surface area contributed by atoms with E-state index in [4.69, 9.17) is 4.74 Å². The van der Waals surface area contributed by atoms with Crippen molar-refractivity contribution in [2.45, 2.75) is 32.8 Å². The van der Waals surface area contributed by atoms with E-state index in [0.29, 0.717) is 5.82 Å². The molecule has 0 aliphatic heterocycles. The van der Waals surface area contributed by atoms with Crippen LogP contribution in [-0.2, 0) is 9.53 Å². The van der Waals surface area contributed by atoms with Gasteiger partial charge in [-0.05, 0) is 32.2 Å². The standard InChI is InChI=1S/C17H21N3O3/c1-17(2,3)23-16(22)19-11-9-14(21)20-15-13-7-5-4-6-12(13)8-10-18-15/h4-8,10H,9,11H2,1-3H3,(H,19,22)(H,18,20,21). The van der Waals surface area contributed by atoms with Crippen molar-refractivity contribution in [3.63, 3.8) is 0 Å². The molecule has 2 N–H and O–H groups in total. The first-order valence-corrected chi connectivity index (χ1v) is 7.45. The number of pyridine rings is 1. The van der Waals surface area contributed by atoms with Gasteiger partial charge in [-0.25, -0.2) is 9.78 Å². The predicted octanol–water partition coefficient (Wildman–Crippen LogP) is 3.09. The highest BCUT2D eigenvalue weighted by Crippen LogP contribution is 2.20. The van der Waals surface area contributed by atoms with Gasteiger partial charge >= 0.3 is 6.09 Å². The lowest BCUT2D eigenvalue weighted by Crippen LogP contribution is -2.34. The highest BCUT2D eigenvalue weighted by Gasteiger charge is 2.16. The fourth-order valence-electron chi connectivity index (χ4n) is 2.01. The molecule has 6 heteroatoms. The van der Waals surface area contributed by atoms with E-state index in [9.17, 15) is 9.59 Å². The molecule has 0 spiro atoms. The largest absolute Gasteiger partial charge is 0.444 e. The molecule has 0 atom stereocenters. The highest BCUT2D eigenvalue weighted by molar-refractivity contribution is 6.00. The van der Waals surface area contributed by atoms with E-state index in [-0.39, 0.29) is 18.9 Å². The monoisotopic (exact) mass is 315 g/mol. The quantitative estimate of drug-likeness (QED) is 0.908. The number of anilines is 1. The van der Waals surface area contributed by atoms with Gasteiger partial charge < -0.3 is 15.4 Å². The number of hydrogen-bond donors (Lipinski definition) is 2. The molecule has 0 aliphatic rings. The van der Waals surface area contributed by atoms with Crippen molar-refractivity contribution >= 4 is 28.6 Å². The van der Waals surface area contributed by atoms with Crippen LogP contribution in [0.15, 0.2) is 36.5 Å². The molecule has 1 aromatic heterocycles. The maximum absolute atomic E-state index is 12.0. The minimum atomic E-state index is -0.556. The molecule has 2 aromatic rings. The van der Waals surface area contributed by atoms with Crippen molar-refractivity contribution < 1.29 is 14.3 Å². The normalized spacial score (nSPS) is 11.1. The van der Waals surface area contributed by atoms with Crippen molar-refractivity contribution in [1.82, 2.24) is 10.3 Å². The van der Waals surface area contributed by atoms with Gasteiger partial charge in [0.25, 0.3) is 0 Å². The Bertz CT molecular complexity index is 702. The molecule has 0 unspecified atom stereocenters. The molecule has 1 aromatic carbocycles. The predicted molar refractivity (Wildman–Crippen MR) is 89.2 cm³/mol. The van der Waals surface area contributed by atoms with E-state index in [1.165, 1.54) is 0 Å². The number of fused-ring (bicyclic) bond motifs is 1. The molecule has 0 fully saturated rings. The number of amides is 2. The fourth-order valence-corrected chi connectivity index (χ4v) is 2.01. The second-order valence-corrected chi connectivity index (χ2v) is 6.11. The van der Waals surface area contributed by atoms with Crippen molar-refractivity contribution in [1.29, 1.82) is 0 Å². The zero-order chi connectivity index (χ0) is 16.9. The number of aromatic nitrogens is 1. The number of nitrogens with one attached hydrogen (secondary N) is 2. The van der Waals surface area contributed by atoms with Gasteiger partial charge in [0.15, 0.2) is 0 Å². The van der Waals surface area contributed by atoms with Crippen molar-refractivity contribution in [2.75, 3.05) is 11.9 Å². The summed E-state index contributed by atoms with van der Waals surface area (Å²) < 4.78 is 5.10. The topological polar surface area (TPSA) is 80.3 Å². The van der Waals surface area contributed by atoms with Gasteiger partial charge in [0, 0.05) is 24.5 Å². The van der Waals surface area contributed by atoms with Crippen LogP contribution >= 0.6 is 0 Å². The number of nitrogens with zero attached hydrogens (tertiary/aromatic N) is 1. The molecule has 122 valence electrons. The van der Waals surface area contributed by atoms with Gasteiger partial charge in [-0.15, -0.1) is 0 Å². The van der Waals surface area contributed by atoms with Crippen molar-refractivity contribution in [2.24, 2.45) is 0 Å². The molecule has 1 heterocycles. The molecule has 2 amide bonds. The zero-order valence-electron chi connectivity index (χ0n) is 13.6. The minimum Gasteiger partial charge on any atom is -0.444 e. The Labute approximate surface area is 135 Å². The lowest BCUT2D eigenvalue weighted by molar-refractivity contribution is -0.116. The lowest BCUT2D eigenvalue weighted by Gasteiger charge is -2.19. The number of benzene rings is 1. The summed E-state index contributed by atoms with van der Waals surface area (Å²) in [4.78, 5) is 27.7. The van der Waals surface area contributed by atoms with Crippen LogP contribution in [0.3, 0.4) is 0 Å². The van der Waals surface area contributed by atoms with E-state index in [0.717, 1.165) is 10.8 Å². The average molecular weight is 315 g/mol. The van der Waals surface area contributed by atoms with Crippen LogP contribution < -0.4 is 10.6 Å². The summed E-state index contributed by atoms with van der Waals surface area (Å²) in [6.45, 7) is 5.55. The first kappa shape index (κ1) is 16.7. The van der Waals surface area contributed by atoms with Crippen LogP contribution in [-0.4, -0.2) is 29.1 Å². The number of ether oxygens (including phenoxy) is 1. The Morgan fingerprint density at radius 1 is 1.17 bits per heavy atom. The Morgan fingerprint density at radius 2 is 1.91 bits per heavy atom. The summed E-state index contributed by atoms with van der Waals surface area (Å²) in [6, 6.07) is 9.56. The first-order chi connectivity index (χ1) is 10.8. The molecule has 0 aliphatic carbocycles. The third-order valence-electron chi connectivity index (χ3n) is 2.95. The number of carbonyl (C=O) groups is 2. The maximum atomic E-state index is 12.0. The SMILES string of the molecule is CC(C)(C)OC(=O)NCCC(=O)Nc1nccc2ccccc12. The van der Waals surface area contributed by atoms with Crippen LogP contribution in [0.5, 0.6) is 0 Å². The smallest absolute Gasteiger partial charge is 0.407 e. The van der Waals surface area contributed by atoms with Gasteiger partial charge in [0.05, 0.1) is 0 Å². The molecule has 2 rings (SSSR count). The van der Waals surface area contributed by atoms with Gasteiger partial charge in [0.1, 0.15) is 11.4 Å². The third-order valence-corrected chi connectivity index (χ3v) is 2.95. The number of alkyl carbamates (subject to hydrolysis) is 1. The number of rotatable bonds is 4. The molecule has 0 saturated heterocycles. The minimum absolute atomic E-state index is 0.143. The van der Waals surface area contributed by atoms with Crippen LogP contribution in [0, 0.1) is 0 Å². The molecular formula is C17H21N3O3. The third kappa shape index (κ3) is 5.25. The van der Waals surface area contributed by atoms with E-state index in [1.54, 1.807) is 27.0 Å².